The molecule has 0 radical (unpaired) electrons. The van der Waals surface area contributed by atoms with E-state index in [1.54, 1.807) is 40.9 Å². The fraction of sp³-hybridized carbons (Fsp3) is 0.500. The highest BCUT2D eigenvalue weighted by atomic mass is 32.2. The van der Waals surface area contributed by atoms with Crippen molar-refractivity contribution in [3.63, 3.8) is 0 Å². The molecule has 152 valence electrons. The van der Waals surface area contributed by atoms with Crippen molar-refractivity contribution in [2.24, 2.45) is 0 Å². The van der Waals surface area contributed by atoms with Crippen LogP contribution in [0.2, 0.25) is 0 Å². The van der Waals surface area contributed by atoms with Crippen LogP contribution in [-0.2, 0) is 10.9 Å². The lowest BCUT2D eigenvalue weighted by Gasteiger charge is -2.24. The Labute approximate surface area is 164 Å². The number of likely N-dealkylation sites (tertiary alicyclic amines) is 1. The third-order valence-electron chi connectivity index (χ3n) is 3.88. The molecule has 0 N–H and O–H groups in total. The molecule has 1 saturated heterocycles. The van der Waals surface area contributed by atoms with Crippen LogP contribution in [0, 0.1) is 0 Å². The second-order valence-corrected chi connectivity index (χ2v) is 8.77. The summed E-state index contributed by atoms with van der Waals surface area (Å²) in [6, 6.07) is 6.88. The van der Waals surface area contributed by atoms with Gasteiger partial charge in [-0.15, -0.1) is 11.8 Å². The van der Waals surface area contributed by atoms with Gasteiger partial charge in [-0.1, -0.05) is 5.16 Å². The minimum Gasteiger partial charge on any atom is -0.444 e. The molecular formula is C18H20F3N3O3S. The Bertz CT molecular complexity index is 831. The quantitative estimate of drug-likeness (QED) is 0.713. The van der Waals surface area contributed by atoms with E-state index in [4.69, 9.17) is 4.74 Å². The topological polar surface area (TPSA) is 68.5 Å². The average molecular weight is 415 g/mol. The predicted octanol–water partition coefficient (Wildman–Crippen LogP) is 4.86. The fourth-order valence-corrected chi connectivity index (χ4v) is 3.80. The maximum absolute atomic E-state index is 12.6. The Morgan fingerprint density at radius 2 is 1.93 bits per heavy atom. The van der Waals surface area contributed by atoms with Crippen molar-refractivity contribution in [3.05, 3.63) is 30.2 Å². The average Bonchev–Trinajstić information content (AvgIpc) is 3.23. The number of thioether (sulfide) groups is 1. The summed E-state index contributed by atoms with van der Waals surface area (Å²) in [6.45, 7) is 6.71. The van der Waals surface area contributed by atoms with Crippen LogP contribution in [-0.4, -0.2) is 45.1 Å². The molecule has 1 aliphatic heterocycles. The number of hydrogen-bond acceptors (Lipinski definition) is 6. The lowest BCUT2D eigenvalue weighted by molar-refractivity contribution is -0.159. The van der Waals surface area contributed by atoms with Crippen LogP contribution >= 0.6 is 11.8 Å². The number of aromatic nitrogens is 2. The molecule has 0 spiro atoms. The number of amides is 1. The molecular weight excluding hydrogens is 395 g/mol. The van der Waals surface area contributed by atoms with Gasteiger partial charge in [0.15, 0.2) is 0 Å². The van der Waals surface area contributed by atoms with Gasteiger partial charge in [-0.3, -0.25) is 0 Å². The Kier molecular flexibility index (Phi) is 5.60. The first-order chi connectivity index (χ1) is 13.0. The number of benzene rings is 1. The third-order valence-corrected chi connectivity index (χ3v) is 5.14. The molecule has 1 fully saturated rings. The van der Waals surface area contributed by atoms with Crippen LogP contribution in [0.1, 0.15) is 33.1 Å². The minimum atomic E-state index is -4.66. The van der Waals surface area contributed by atoms with Gasteiger partial charge in [-0.05, 0) is 51.5 Å². The van der Waals surface area contributed by atoms with E-state index >= 15 is 0 Å². The summed E-state index contributed by atoms with van der Waals surface area (Å²) in [5.74, 6) is -1.48. The zero-order valence-corrected chi connectivity index (χ0v) is 16.4. The number of nitrogens with zero attached hydrogens (tertiary/aromatic N) is 3. The van der Waals surface area contributed by atoms with Crippen LogP contribution < -0.4 is 0 Å². The van der Waals surface area contributed by atoms with E-state index in [-0.39, 0.29) is 17.2 Å². The highest BCUT2D eigenvalue weighted by Crippen LogP contribution is 2.33. The summed E-state index contributed by atoms with van der Waals surface area (Å²) in [6.07, 6.45) is -4.14. The number of carbonyl (C=O) groups excluding carboxylic acids is 1. The van der Waals surface area contributed by atoms with Crippen LogP contribution in [0.25, 0.3) is 11.4 Å². The van der Waals surface area contributed by atoms with Gasteiger partial charge in [0.25, 0.3) is 0 Å². The maximum atomic E-state index is 12.6. The summed E-state index contributed by atoms with van der Waals surface area (Å²) in [7, 11) is 0. The first kappa shape index (κ1) is 20.5. The van der Waals surface area contributed by atoms with Crippen LogP contribution in [0.3, 0.4) is 0 Å². The van der Waals surface area contributed by atoms with Crippen molar-refractivity contribution >= 4 is 17.9 Å². The van der Waals surface area contributed by atoms with Crippen LogP contribution in [0.15, 0.2) is 33.7 Å². The van der Waals surface area contributed by atoms with Gasteiger partial charge in [-0.2, -0.15) is 18.2 Å². The molecule has 0 unspecified atom stereocenters. The van der Waals surface area contributed by atoms with Crippen molar-refractivity contribution in [2.45, 2.75) is 49.1 Å². The summed E-state index contributed by atoms with van der Waals surface area (Å²) >= 11 is 1.61. The SMILES string of the molecule is CC(C)(C)OC(=O)N1CC[C@@H](Sc2ccc(-c3noc(C(F)(F)F)n3)cc2)C1. The molecule has 1 aromatic carbocycles. The highest BCUT2D eigenvalue weighted by Gasteiger charge is 2.38. The highest BCUT2D eigenvalue weighted by molar-refractivity contribution is 8.00. The maximum Gasteiger partial charge on any atom is 0.471 e. The number of ether oxygens (including phenoxy) is 1. The molecule has 2 heterocycles. The van der Waals surface area contributed by atoms with E-state index in [1.165, 1.54) is 0 Å². The summed E-state index contributed by atoms with van der Waals surface area (Å²) in [4.78, 5) is 18.1. The van der Waals surface area contributed by atoms with Crippen molar-refractivity contribution < 1.29 is 27.2 Å². The standard InChI is InChI=1S/C18H20F3N3O3S/c1-17(2,3)26-16(25)24-9-8-13(10-24)28-12-6-4-11(5-7-12)14-22-15(27-23-14)18(19,20)21/h4-7,13H,8-10H2,1-3H3/t13-/m1/s1. The van der Waals surface area contributed by atoms with Gasteiger partial charge in [0.1, 0.15) is 5.60 Å². The second kappa shape index (κ2) is 7.65. The van der Waals surface area contributed by atoms with Gasteiger partial charge in [0, 0.05) is 28.8 Å². The molecule has 0 bridgehead atoms. The molecule has 0 saturated carbocycles. The number of carbonyl (C=O) groups is 1. The van der Waals surface area contributed by atoms with Gasteiger partial charge >= 0.3 is 18.2 Å². The summed E-state index contributed by atoms with van der Waals surface area (Å²) < 4.78 is 47.3. The van der Waals surface area contributed by atoms with Gasteiger partial charge in [0.05, 0.1) is 0 Å². The lowest BCUT2D eigenvalue weighted by atomic mass is 10.2. The first-order valence-electron chi connectivity index (χ1n) is 8.67. The third kappa shape index (κ3) is 5.18. The Balaban J connectivity index is 1.58. The number of halogens is 3. The normalized spacial score (nSPS) is 17.8. The molecule has 1 aliphatic rings. The van der Waals surface area contributed by atoms with Gasteiger partial charge in [0.2, 0.25) is 5.82 Å². The van der Waals surface area contributed by atoms with E-state index in [9.17, 15) is 18.0 Å². The minimum absolute atomic E-state index is 0.110. The zero-order chi connectivity index (χ0) is 20.5. The monoisotopic (exact) mass is 415 g/mol. The second-order valence-electron chi connectivity index (χ2n) is 7.40. The van der Waals surface area contributed by atoms with Gasteiger partial charge in [-0.25, -0.2) is 4.79 Å². The number of rotatable bonds is 3. The Morgan fingerprint density at radius 1 is 1.25 bits per heavy atom. The van der Waals surface area contributed by atoms with E-state index in [2.05, 4.69) is 14.7 Å². The molecule has 1 amide bonds. The van der Waals surface area contributed by atoms with E-state index in [0.717, 1.165) is 11.3 Å². The molecule has 2 aromatic rings. The number of alkyl halides is 3. The zero-order valence-electron chi connectivity index (χ0n) is 15.6. The van der Waals surface area contributed by atoms with E-state index < -0.39 is 17.7 Å². The lowest BCUT2D eigenvalue weighted by Crippen LogP contribution is -2.35. The number of hydrogen-bond donors (Lipinski definition) is 0. The molecule has 1 atom stereocenters. The van der Waals surface area contributed by atoms with E-state index in [1.807, 2.05) is 20.8 Å². The summed E-state index contributed by atoms with van der Waals surface area (Å²) in [5.41, 5.74) is -0.0929. The van der Waals surface area contributed by atoms with Crippen molar-refractivity contribution in [3.8, 4) is 11.4 Å². The van der Waals surface area contributed by atoms with Crippen molar-refractivity contribution in [2.75, 3.05) is 13.1 Å². The Morgan fingerprint density at radius 3 is 2.50 bits per heavy atom. The Hall–Kier alpha value is -2.23. The summed E-state index contributed by atoms with van der Waals surface area (Å²) in [5, 5.41) is 3.60. The van der Waals surface area contributed by atoms with Crippen molar-refractivity contribution in [1.82, 2.24) is 15.0 Å². The van der Waals surface area contributed by atoms with Crippen molar-refractivity contribution in [1.29, 1.82) is 0 Å². The van der Waals surface area contributed by atoms with Gasteiger partial charge < -0.3 is 14.2 Å². The van der Waals surface area contributed by atoms with Crippen LogP contribution in [0.5, 0.6) is 0 Å². The predicted molar refractivity (Wildman–Crippen MR) is 96.8 cm³/mol. The molecule has 0 aliphatic carbocycles. The molecule has 10 heteroatoms. The molecule has 28 heavy (non-hydrogen) atoms. The van der Waals surface area contributed by atoms with E-state index in [0.29, 0.717) is 18.7 Å². The largest absolute Gasteiger partial charge is 0.471 e. The molecule has 3 rings (SSSR count). The molecule has 1 aromatic heterocycles. The van der Waals surface area contributed by atoms with Crippen LogP contribution in [0.4, 0.5) is 18.0 Å². The smallest absolute Gasteiger partial charge is 0.444 e. The first-order valence-corrected chi connectivity index (χ1v) is 9.55. The molecule has 6 nitrogen and oxygen atoms in total. The fourth-order valence-electron chi connectivity index (χ4n) is 2.65.